The molecule has 1 fully saturated rings. The lowest BCUT2D eigenvalue weighted by Gasteiger charge is -2.38. The van der Waals surface area contributed by atoms with E-state index in [1.54, 1.807) is 0 Å². The summed E-state index contributed by atoms with van der Waals surface area (Å²) >= 11 is 0. The van der Waals surface area contributed by atoms with Gasteiger partial charge in [0.15, 0.2) is 0 Å². The molecular weight excluding hydrogens is 420 g/mol. The molecule has 1 unspecified atom stereocenters. The molecule has 0 saturated carbocycles. The van der Waals surface area contributed by atoms with Crippen LogP contribution in [0.25, 0.3) is 11.1 Å². The van der Waals surface area contributed by atoms with E-state index in [4.69, 9.17) is 9.84 Å². The number of hydrogen-bond acceptors (Lipinski definition) is 4. The Bertz CT molecular complexity index is 1050. The van der Waals surface area contributed by atoms with E-state index in [-0.39, 0.29) is 31.5 Å². The lowest BCUT2D eigenvalue weighted by molar-refractivity contribution is -0.153. The molecule has 1 atom stereocenters. The molecule has 0 aromatic heterocycles. The highest BCUT2D eigenvalue weighted by Gasteiger charge is 2.38. The van der Waals surface area contributed by atoms with Gasteiger partial charge < -0.3 is 20.1 Å². The van der Waals surface area contributed by atoms with Gasteiger partial charge in [-0.2, -0.15) is 0 Å². The fourth-order valence-corrected chi connectivity index (χ4v) is 4.39. The summed E-state index contributed by atoms with van der Waals surface area (Å²) in [5.74, 6) is -1.82. The SMILES string of the molecule is CC(C)=CCC(NC(=O)OCC1c2ccccc2-c2ccccc21)C(=O)N1CC(C(=O)O)C1. The Morgan fingerprint density at radius 1 is 1.06 bits per heavy atom. The molecule has 7 nitrogen and oxygen atoms in total. The Hall–Kier alpha value is -3.61. The van der Waals surface area contributed by atoms with Gasteiger partial charge in [-0.25, -0.2) is 4.79 Å². The van der Waals surface area contributed by atoms with E-state index in [9.17, 15) is 14.4 Å². The fraction of sp³-hybridized carbons (Fsp3) is 0.346. The van der Waals surface area contributed by atoms with Crippen LogP contribution in [0.15, 0.2) is 60.2 Å². The van der Waals surface area contributed by atoms with Crippen molar-refractivity contribution in [2.24, 2.45) is 5.92 Å². The Labute approximate surface area is 193 Å². The molecule has 1 aliphatic carbocycles. The number of nitrogens with one attached hydrogen (secondary N) is 1. The summed E-state index contributed by atoms with van der Waals surface area (Å²) in [5, 5.41) is 11.8. The van der Waals surface area contributed by atoms with Crippen molar-refractivity contribution in [3.8, 4) is 11.1 Å². The van der Waals surface area contributed by atoms with Crippen LogP contribution in [0, 0.1) is 5.92 Å². The Kier molecular flexibility index (Phi) is 6.49. The van der Waals surface area contributed by atoms with Gasteiger partial charge in [0.1, 0.15) is 12.6 Å². The summed E-state index contributed by atoms with van der Waals surface area (Å²) < 4.78 is 5.58. The topological polar surface area (TPSA) is 95.9 Å². The molecule has 172 valence electrons. The first-order chi connectivity index (χ1) is 15.8. The van der Waals surface area contributed by atoms with E-state index >= 15 is 0 Å². The van der Waals surface area contributed by atoms with Gasteiger partial charge in [-0.05, 0) is 42.5 Å². The number of carboxylic acid groups (broad SMARTS) is 1. The van der Waals surface area contributed by atoms with Gasteiger partial charge in [-0.3, -0.25) is 9.59 Å². The number of ether oxygens (including phenoxy) is 1. The quantitative estimate of drug-likeness (QED) is 0.629. The number of rotatable bonds is 7. The summed E-state index contributed by atoms with van der Waals surface area (Å²) in [6, 6.07) is 15.4. The van der Waals surface area contributed by atoms with E-state index < -0.39 is 24.0 Å². The van der Waals surface area contributed by atoms with Gasteiger partial charge in [0, 0.05) is 19.0 Å². The molecule has 4 rings (SSSR count). The normalized spacial score (nSPS) is 15.6. The van der Waals surface area contributed by atoms with Gasteiger partial charge in [0.25, 0.3) is 0 Å². The molecular formula is C26H28N2O5. The van der Waals surface area contributed by atoms with Gasteiger partial charge in [-0.15, -0.1) is 0 Å². The number of allylic oxidation sites excluding steroid dienone is 1. The molecule has 2 aliphatic rings. The van der Waals surface area contributed by atoms with Crippen molar-refractivity contribution >= 4 is 18.0 Å². The average Bonchev–Trinajstić information content (AvgIpc) is 3.07. The van der Waals surface area contributed by atoms with Crippen LogP contribution in [-0.2, 0) is 14.3 Å². The standard InChI is InChI=1S/C26H28N2O5/c1-16(2)11-12-23(24(29)28-13-17(14-28)25(30)31)27-26(32)33-15-22-20-9-5-3-7-18(20)19-8-4-6-10-21(19)22/h3-11,17,22-23H,12-15H2,1-2H3,(H,27,32)(H,30,31). The van der Waals surface area contributed by atoms with Gasteiger partial charge >= 0.3 is 12.1 Å². The summed E-state index contributed by atoms with van der Waals surface area (Å²) in [7, 11) is 0. The van der Waals surface area contributed by atoms with Crippen molar-refractivity contribution in [1.82, 2.24) is 10.2 Å². The maximum atomic E-state index is 12.9. The number of hydrogen-bond donors (Lipinski definition) is 2. The van der Waals surface area contributed by atoms with Crippen molar-refractivity contribution in [1.29, 1.82) is 0 Å². The number of carbonyl (C=O) groups is 3. The first kappa shape index (κ1) is 22.6. The smallest absolute Gasteiger partial charge is 0.407 e. The third-order valence-corrected chi connectivity index (χ3v) is 6.24. The lowest BCUT2D eigenvalue weighted by Crippen LogP contribution is -2.58. The highest BCUT2D eigenvalue weighted by Crippen LogP contribution is 2.44. The first-order valence-corrected chi connectivity index (χ1v) is 11.1. The van der Waals surface area contributed by atoms with Gasteiger partial charge in [0.2, 0.25) is 5.91 Å². The van der Waals surface area contributed by atoms with E-state index in [0.717, 1.165) is 27.8 Å². The van der Waals surface area contributed by atoms with Crippen LogP contribution in [-0.4, -0.2) is 53.7 Å². The van der Waals surface area contributed by atoms with Crippen LogP contribution in [0.4, 0.5) is 4.79 Å². The van der Waals surface area contributed by atoms with E-state index in [0.29, 0.717) is 6.42 Å². The predicted molar refractivity (Wildman–Crippen MR) is 124 cm³/mol. The molecule has 0 radical (unpaired) electrons. The zero-order chi connectivity index (χ0) is 23.5. The van der Waals surface area contributed by atoms with Gasteiger partial charge in [-0.1, -0.05) is 60.2 Å². The minimum Gasteiger partial charge on any atom is -0.481 e. The molecule has 7 heteroatoms. The van der Waals surface area contributed by atoms with E-state index in [2.05, 4.69) is 17.4 Å². The predicted octanol–water partition coefficient (Wildman–Crippen LogP) is 3.79. The van der Waals surface area contributed by atoms with E-state index in [1.807, 2.05) is 56.3 Å². The largest absolute Gasteiger partial charge is 0.481 e. The van der Waals surface area contributed by atoms with Crippen LogP contribution in [0.3, 0.4) is 0 Å². The molecule has 1 saturated heterocycles. The van der Waals surface area contributed by atoms with Crippen LogP contribution in [0.2, 0.25) is 0 Å². The molecule has 2 amide bonds. The van der Waals surface area contributed by atoms with Crippen LogP contribution in [0.1, 0.15) is 37.3 Å². The van der Waals surface area contributed by atoms with Crippen molar-refractivity contribution in [3.05, 3.63) is 71.3 Å². The maximum Gasteiger partial charge on any atom is 0.407 e. The van der Waals surface area contributed by atoms with Crippen molar-refractivity contribution < 1.29 is 24.2 Å². The third-order valence-electron chi connectivity index (χ3n) is 6.24. The first-order valence-electron chi connectivity index (χ1n) is 11.1. The second kappa shape index (κ2) is 9.48. The zero-order valence-electron chi connectivity index (χ0n) is 18.8. The highest BCUT2D eigenvalue weighted by molar-refractivity contribution is 5.88. The number of amides is 2. The zero-order valence-corrected chi connectivity index (χ0v) is 18.8. The highest BCUT2D eigenvalue weighted by atomic mass is 16.5. The minimum atomic E-state index is -0.913. The molecule has 1 heterocycles. The monoisotopic (exact) mass is 448 g/mol. The average molecular weight is 449 g/mol. The van der Waals surface area contributed by atoms with Crippen molar-refractivity contribution in [2.75, 3.05) is 19.7 Å². The maximum absolute atomic E-state index is 12.9. The van der Waals surface area contributed by atoms with Crippen LogP contribution >= 0.6 is 0 Å². The van der Waals surface area contributed by atoms with Gasteiger partial charge in [0.05, 0.1) is 5.92 Å². The van der Waals surface area contributed by atoms with Crippen molar-refractivity contribution in [3.63, 3.8) is 0 Å². The number of aliphatic carboxylic acids is 1. The number of alkyl carbamates (subject to hydrolysis) is 1. The number of likely N-dealkylation sites (tertiary alicyclic amines) is 1. The second-order valence-corrected chi connectivity index (χ2v) is 8.82. The fourth-order valence-electron chi connectivity index (χ4n) is 4.39. The minimum absolute atomic E-state index is 0.0678. The Balaban J connectivity index is 1.41. The summed E-state index contributed by atoms with van der Waals surface area (Å²) in [4.78, 5) is 38.1. The van der Waals surface area contributed by atoms with Crippen LogP contribution in [0.5, 0.6) is 0 Å². The van der Waals surface area contributed by atoms with Crippen molar-refractivity contribution in [2.45, 2.75) is 32.2 Å². The molecule has 0 bridgehead atoms. The lowest BCUT2D eigenvalue weighted by atomic mass is 9.98. The summed E-state index contributed by atoms with van der Waals surface area (Å²) in [6.45, 7) is 4.31. The number of benzene rings is 2. The molecule has 33 heavy (non-hydrogen) atoms. The number of carboxylic acids is 1. The molecule has 2 aromatic carbocycles. The number of nitrogens with zero attached hydrogens (tertiary/aromatic N) is 1. The summed E-state index contributed by atoms with van der Waals surface area (Å²) in [5.41, 5.74) is 5.54. The third kappa shape index (κ3) is 4.77. The Morgan fingerprint density at radius 3 is 2.18 bits per heavy atom. The molecule has 1 aliphatic heterocycles. The number of fused-ring (bicyclic) bond motifs is 3. The molecule has 2 aromatic rings. The number of carbonyl (C=O) groups excluding carboxylic acids is 2. The summed E-state index contributed by atoms with van der Waals surface area (Å²) in [6.07, 6.45) is 1.54. The van der Waals surface area contributed by atoms with Crippen LogP contribution < -0.4 is 5.32 Å². The Morgan fingerprint density at radius 2 is 1.64 bits per heavy atom. The van der Waals surface area contributed by atoms with E-state index in [1.165, 1.54) is 4.90 Å². The molecule has 0 spiro atoms. The molecule has 2 N–H and O–H groups in total. The second-order valence-electron chi connectivity index (χ2n) is 8.82.